The van der Waals surface area contributed by atoms with E-state index in [9.17, 15) is 0 Å². The number of rotatable bonds is 0. The van der Waals surface area contributed by atoms with Crippen LogP contribution in [0, 0.1) is 12.7 Å². The highest BCUT2D eigenvalue weighted by molar-refractivity contribution is 8.77. The molecule has 8 heteroatoms. The lowest BCUT2D eigenvalue weighted by molar-refractivity contribution is 0.199. The van der Waals surface area contributed by atoms with E-state index in [4.69, 9.17) is 16.6 Å². The van der Waals surface area contributed by atoms with Crippen molar-refractivity contribution < 1.29 is 4.39 Å². The third-order valence-electron chi connectivity index (χ3n) is 4.76. The van der Waals surface area contributed by atoms with Crippen LogP contribution in [0.2, 0.25) is 5.02 Å². The quantitative estimate of drug-likeness (QED) is 0.633. The second-order valence-electron chi connectivity index (χ2n) is 6.31. The van der Waals surface area contributed by atoms with Crippen LogP contribution in [0.1, 0.15) is 11.1 Å². The lowest BCUT2D eigenvalue weighted by atomic mass is 10.0. The Morgan fingerprint density at radius 2 is 2.08 bits per heavy atom. The molecule has 0 aliphatic carbocycles. The molecule has 1 aromatic rings. The molecule has 0 N–H and O–H groups in total. The van der Waals surface area contributed by atoms with E-state index in [0.29, 0.717) is 22.1 Å². The van der Waals surface area contributed by atoms with Crippen molar-refractivity contribution >= 4 is 44.7 Å². The van der Waals surface area contributed by atoms with Crippen molar-refractivity contribution in [2.75, 3.05) is 38.6 Å². The van der Waals surface area contributed by atoms with Gasteiger partial charge in [-0.1, -0.05) is 39.8 Å². The fourth-order valence-electron chi connectivity index (χ4n) is 3.27. The largest absolute Gasteiger partial charge is 0.341 e. The Morgan fingerprint density at radius 1 is 1.33 bits per heavy atom. The number of nitrogens with zero attached hydrogens (tertiary/aromatic N) is 4. The Labute approximate surface area is 154 Å². The molecule has 3 aliphatic heterocycles. The predicted molar refractivity (Wildman–Crippen MR) is 102 cm³/mol. The molecule has 0 aromatic heterocycles. The Kier molecular flexibility index (Phi) is 4.03. The first-order valence-corrected chi connectivity index (χ1v) is 10.3. The molecular formula is C16H18ClFN4S2. The van der Waals surface area contributed by atoms with E-state index in [1.165, 1.54) is 0 Å². The molecule has 0 saturated carbocycles. The normalized spacial score (nSPS) is 23.6. The van der Waals surface area contributed by atoms with Gasteiger partial charge in [0.1, 0.15) is 11.7 Å². The number of hydrogen-bond donors (Lipinski definition) is 0. The molecule has 128 valence electrons. The number of anilines is 1. The SMILES string of the molecule is C=C1N=C2c3c(c(Cl)c(C)c(F)c3N1C)SSC1CN(C)CCN21. The van der Waals surface area contributed by atoms with Gasteiger partial charge < -0.3 is 14.7 Å². The number of halogens is 2. The Hall–Kier alpha value is -0.890. The molecule has 1 unspecified atom stereocenters. The standard InChI is InChI=1S/C16H18ClFN4S2/c1-8-12(17)15-11-14(13(8)18)21(4)9(2)19-16(11)22-6-5-20(3)7-10(22)23-24-15/h10H,2,5-7H2,1,3-4H3. The fourth-order valence-corrected chi connectivity index (χ4v) is 6.65. The van der Waals surface area contributed by atoms with Crippen LogP contribution in [0.3, 0.4) is 0 Å². The minimum Gasteiger partial charge on any atom is -0.341 e. The summed E-state index contributed by atoms with van der Waals surface area (Å²) in [5, 5.41) is 0.744. The second-order valence-corrected chi connectivity index (χ2v) is 9.07. The molecular weight excluding hydrogens is 367 g/mol. The molecule has 3 heterocycles. The number of benzene rings is 1. The molecule has 4 rings (SSSR count). The number of hydrogen-bond acceptors (Lipinski definition) is 6. The van der Waals surface area contributed by atoms with Crippen molar-refractivity contribution in [2.45, 2.75) is 17.2 Å². The van der Waals surface area contributed by atoms with E-state index < -0.39 is 0 Å². The van der Waals surface area contributed by atoms with Gasteiger partial charge in [0.15, 0.2) is 5.82 Å². The summed E-state index contributed by atoms with van der Waals surface area (Å²) in [6.07, 6.45) is 0. The van der Waals surface area contributed by atoms with E-state index in [2.05, 4.69) is 23.4 Å². The first-order chi connectivity index (χ1) is 11.4. The lowest BCUT2D eigenvalue weighted by Crippen LogP contribution is -2.53. The molecule has 24 heavy (non-hydrogen) atoms. The van der Waals surface area contributed by atoms with Crippen LogP contribution in [0.25, 0.3) is 0 Å². The molecule has 0 amide bonds. The summed E-state index contributed by atoms with van der Waals surface area (Å²) in [6, 6.07) is 0. The highest BCUT2D eigenvalue weighted by Gasteiger charge is 2.40. The number of likely N-dealkylation sites (N-methyl/N-ethyl adjacent to an activating group) is 1. The van der Waals surface area contributed by atoms with Crippen LogP contribution in [0.15, 0.2) is 22.3 Å². The van der Waals surface area contributed by atoms with Gasteiger partial charge in [-0.2, -0.15) is 0 Å². The molecule has 1 aromatic carbocycles. The monoisotopic (exact) mass is 384 g/mol. The first kappa shape index (κ1) is 16.6. The van der Waals surface area contributed by atoms with Gasteiger partial charge in [-0.05, 0) is 14.0 Å². The van der Waals surface area contributed by atoms with Gasteiger partial charge in [-0.3, -0.25) is 0 Å². The van der Waals surface area contributed by atoms with Crippen LogP contribution in [-0.2, 0) is 0 Å². The average Bonchev–Trinajstić information content (AvgIpc) is 2.70. The summed E-state index contributed by atoms with van der Waals surface area (Å²) in [5.74, 6) is 1.08. The topological polar surface area (TPSA) is 22.1 Å². The second kappa shape index (κ2) is 5.83. The van der Waals surface area contributed by atoms with Crippen molar-refractivity contribution in [2.24, 2.45) is 4.99 Å². The number of fused-ring (bicyclic) bond motifs is 2. The Bertz CT molecular complexity index is 782. The van der Waals surface area contributed by atoms with Gasteiger partial charge in [0.25, 0.3) is 0 Å². The third-order valence-corrected chi connectivity index (χ3v) is 8.10. The maximum atomic E-state index is 15.0. The highest BCUT2D eigenvalue weighted by Crippen LogP contribution is 2.52. The number of amidine groups is 1. The van der Waals surface area contributed by atoms with E-state index in [0.717, 1.165) is 35.9 Å². The summed E-state index contributed by atoms with van der Waals surface area (Å²) < 4.78 is 15.0. The van der Waals surface area contributed by atoms with Crippen molar-refractivity contribution in [3.05, 3.63) is 34.4 Å². The number of aliphatic imine (C=N–C) groups is 1. The Balaban J connectivity index is 1.98. The van der Waals surface area contributed by atoms with Gasteiger partial charge in [0.2, 0.25) is 0 Å². The van der Waals surface area contributed by atoms with Crippen LogP contribution in [-0.4, -0.2) is 54.7 Å². The van der Waals surface area contributed by atoms with Gasteiger partial charge in [0, 0.05) is 32.2 Å². The smallest absolute Gasteiger partial charge is 0.152 e. The third kappa shape index (κ3) is 2.29. The van der Waals surface area contributed by atoms with Crippen LogP contribution < -0.4 is 4.90 Å². The highest BCUT2D eigenvalue weighted by atomic mass is 35.5. The zero-order chi connectivity index (χ0) is 17.2. The van der Waals surface area contributed by atoms with Crippen molar-refractivity contribution in [1.29, 1.82) is 0 Å². The average molecular weight is 385 g/mol. The van der Waals surface area contributed by atoms with Crippen LogP contribution in [0.4, 0.5) is 10.1 Å². The minimum atomic E-state index is -0.284. The summed E-state index contributed by atoms with van der Waals surface area (Å²) >= 11 is 6.52. The van der Waals surface area contributed by atoms with Gasteiger partial charge in [-0.25, -0.2) is 9.38 Å². The zero-order valence-electron chi connectivity index (χ0n) is 13.8. The number of piperazine rings is 1. The zero-order valence-corrected chi connectivity index (χ0v) is 16.2. The van der Waals surface area contributed by atoms with Gasteiger partial charge >= 0.3 is 0 Å². The minimum absolute atomic E-state index is 0.253. The van der Waals surface area contributed by atoms with Crippen molar-refractivity contribution in [1.82, 2.24) is 9.80 Å². The van der Waals surface area contributed by atoms with Crippen LogP contribution in [0.5, 0.6) is 0 Å². The molecule has 1 atom stereocenters. The molecule has 0 radical (unpaired) electrons. The molecule has 0 spiro atoms. The van der Waals surface area contributed by atoms with Crippen LogP contribution >= 0.6 is 33.2 Å². The maximum absolute atomic E-state index is 15.0. The van der Waals surface area contributed by atoms with Gasteiger partial charge in [-0.15, -0.1) is 0 Å². The summed E-state index contributed by atoms with van der Waals surface area (Å²) in [7, 11) is 7.32. The first-order valence-electron chi connectivity index (χ1n) is 7.72. The molecule has 1 fully saturated rings. The maximum Gasteiger partial charge on any atom is 0.152 e. The summed E-state index contributed by atoms with van der Waals surface area (Å²) in [5.41, 5.74) is 1.83. The molecule has 0 bridgehead atoms. The molecule has 1 saturated heterocycles. The Morgan fingerprint density at radius 3 is 2.83 bits per heavy atom. The van der Waals surface area contributed by atoms with E-state index in [1.807, 2.05) is 0 Å². The lowest BCUT2D eigenvalue weighted by Gasteiger charge is -2.41. The van der Waals surface area contributed by atoms with E-state index >= 15 is 4.39 Å². The molecule has 3 aliphatic rings. The van der Waals surface area contributed by atoms with E-state index in [1.54, 1.807) is 40.5 Å². The predicted octanol–water partition coefficient (Wildman–Crippen LogP) is 3.78. The van der Waals surface area contributed by atoms with Crippen molar-refractivity contribution in [3.8, 4) is 0 Å². The fraction of sp³-hybridized carbons (Fsp3) is 0.438. The molecule has 4 nitrogen and oxygen atoms in total. The van der Waals surface area contributed by atoms with Gasteiger partial charge in [0.05, 0.1) is 26.5 Å². The van der Waals surface area contributed by atoms with Crippen molar-refractivity contribution in [3.63, 3.8) is 0 Å². The van der Waals surface area contributed by atoms with E-state index in [-0.39, 0.29) is 11.2 Å². The summed E-state index contributed by atoms with van der Waals surface area (Å²) in [4.78, 5) is 11.9. The summed E-state index contributed by atoms with van der Waals surface area (Å²) in [6.45, 7) is 8.48.